The zero-order valence-electron chi connectivity index (χ0n) is 16.1. The van der Waals surface area contributed by atoms with Crippen molar-refractivity contribution < 1.29 is 24.2 Å². The lowest BCUT2D eigenvalue weighted by Gasteiger charge is -2.14. The molecule has 0 heterocycles. The summed E-state index contributed by atoms with van der Waals surface area (Å²) in [6.45, 7) is -0.208. The molecule has 152 valence electrons. The number of hydrogen-bond acceptors (Lipinski definition) is 4. The van der Waals surface area contributed by atoms with Crippen molar-refractivity contribution in [3.8, 4) is 5.75 Å². The van der Waals surface area contributed by atoms with E-state index in [2.05, 4.69) is 10.6 Å². The number of carbonyl (C=O) groups is 3. The molecule has 3 N–H and O–H groups in total. The molecule has 0 saturated heterocycles. The predicted octanol–water partition coefficient (Wildman–Crippen LogP) is 3.45. The molecule has 0 aromatic heterocycles. The van der Waals surface area contributed by atoms with Gasteiger partial charge in [0.05, 0.1) is 16.8 Å². The van der Waals surface area contributed by atoms with Crippen molar-refractivity contribution in [2.75, 3.05) is 11.9 Å². The molecule has 3 aromatic rings. The summed E-state index contributed by atoms with van der Waals surface area (Å²) in [6, 6.07) is 17.2. The predicted molar refractivity (Wildman–Crippen MR) is 112 cm³/mol. The van der Waals surface area contributed by atoms with E-state index in [1.165, 1.54) is 12.1 Å². The quantitative estimate of drug-likeness (QED) is 0.559. The summed E-state index contributed by atoms with van der Waals surface area (Å²) in [7, 11) is 0. The number of amides is 2. The topological polar surface area (TPSA) is 105 Å². The number of nitrogens with one attached hydrogen (secondary N) is 2. The van der Waals surface area contributed by atoms with E-state index < -0.39 is 11.9 Å². The Morgan fingerprint density at radius 2 is 1.60 bits per heavy atom. The van der Waals surface area contributed by atoms with Crippen molar-refractivity contribution in [2.24, 2.45) is 0 Å². The lowest BCUT2D eigenvalue weighted by atomic mass is 10.0. The van der Waals surface area contributed by atoms with Gasteiger partial charge in [-0.05, 0) is 47.9 Å². The molecule has 0 aliphatic heterocycles. The standard InChI is InChI=1S/C23H20N2O5/c26-21(24-16-9-10-16)13-30-20-12-15-6-2-1-5-14(15)11-18(20)22(27)25-19-8-4-3-7-17(19)23(28)29/h1-8,11-12,16H,9-10,13H2,(H,24,26)(H,25,27)(H,28,29). The van der Waals surface area contributed by atoms with E-state index in [0.29, 0.717) is 0 Å². The Bertz CT molecular complexity index is 1140. The Kier molecular flexibility index (Phi) is 5.34. The molecule has 0 atom stereocenters. The van der Waals surface area contributed by atoms with Crippen LogP contribution >= 0.6 is 0 Å². The van der Waals surface area contributed by atoms with E-state index in [1.807, 2.05) is 24.3 Å². The number of ether oxygens (including phenoxy) is 1. The van der Waals surface area contributed by atoms with E-state index in [1.54, 1.807) is 24.3 Å². The number of carbonyl (C=O) groups excluding carboxylic acids is 2. The van der Waals surface area contributed by atoms with Gasteiger partial charge >= 0.3 is 5.97 Å². The van der Waals surface area contributed by atoms with E-state index in [4.69, 9.17) is 4.74 Å². The van der Waals surface area contributed by atoms with Gasteiger partial charge in [-0.1, -0.05) is 36.4 Å². The van der Waals surface area contributed by atoms with Crippen molar-refractivity contribution in [3.63, 3.8) is 0 Å². The molecule has 1 aliphatic carbocycles. The number of para-hydroxylation sites is 1. The average molecular weight is 404 g/mol. The van der Waals surface area contributed by atoms with Crippen LogP contribution in [0.15, 0.2) is 60.7 Å². The highest BCUT2D eigenvalue weighted by molar-refractivity contribution is 6.11. The summed E-state index contributed by atoms with van der Waals surface area (Å²) in [5, 5.41) is 16.5. The minimum Gasteiger partial charge on any atom is -0.483 e. The highest BCUT2D eigenvalue weighted by atomic mass is 16.5. The largest absolute Gasteiger partial charge is 0.483 e. The Labute approximate surface area is 172 Å². The number of anilines is 1. The second kappa shape index (κ2) is 8.24. The van der Waals surface area contributed by atoms with E-state index in [-0.39, 0.29) is 41.1 Å². The molecular formula is C23H20N2O5. The van der Waals surface area contributed by atoms with Crippen molar-refractivity contribution in [3.05, 3.63) is 71.8 Å². The minimum atomic E-state index is -1.14. The van der Waals surface area contributed by atoms with Crippen LogP contribution in [0.4, 0.5) is 5.69 Å². The molecule has 4 rings (SSSR count). The SMILES string of the molecule is O=C(COc1cc2ccccc2cc1C(=O)Nc1ccccc1C(=O)O)NC1CC1. The van der Waals surface area contributed by atoms with Crippen molar-refractivity contribution in [1.29, 1.82) is 0 Å². The van der Waals surface area contributed by atoms with Crippen molar-refractivity contribution in [1.82, 2.24) is 5.32 Å². The zero-order chi connectivity index (χ0) is 21.1. The maximum atomic E-state index is 13.0. The van der Waals surface area contributed by atoms with Crippen LogP contribution in [0, 0.1) is 0 Å². The summed E-state index contributed by atoms with van der Waals surface area (Å²) in [5.41, 5.74) is 0.381. The van der Waals surface area contributed by atoms with Crippen LogP contribution in [0.2, 0.25) is 0 Å². The van der Waals surface area contributed by atoms with Gasteiger partial charge in [-0.25, -0.2) is 4.79 Å². The number of benzene rings is 3. The van der Waals surface area contributed by atoms with Crippen molar-refractivity contribution >= 4 is 34.2 Å². The van der Waals surface area contributed by atoms with Gasteiger partial charge in [0.2, 0.25) is 0 Å². The number of hydrogen-bond donors (Lipinski definition) is 3. The maximum Gasteiger partial charge on any atom is 0.337 e. The lowest BCUT2D eigenvalue weighted by Crippen LogP contribution is -2.30. The van der Waals surface area contributed by atoms with Gasteiger partial charge in [-0.2, -0.15) is 0 Å². The highest BCUT2D eigenvalue weighted by Crippen LogP contribution is 2.28. The molecule has 2 amide bonds. The van der Waals surface area contributed by atoms with Gasteiger partial charge in [0.25, 0.3) is 11.8 Å². The molecule has 30 heavy (non-hydrogen) atoms. The first-order chi connectivity index (χ1) is 14.5. The van der Waals surface area contributed by atoms with Crippen LogP contribution in [0.1, 0.15) is 33.6 Å². The normalized spacial score (nSPS) is 12.9. The smallest absolute Gasteiger partial charge is 0.337 e. The monoisotopic (exact) mass is 404 g/mol. The van der Waals surface area contributed by atoms with E-state index >= 15 is 0 Å². The third kappa shape index (κ3) is 4.41. The molecule has 0 radical (unpaired) electrons. The van der Waals surface area contributed by atoms with Crippen LogP contribution in [-0.2, 0) is 4.79 Å². The van der Waals surface area contributed by atoms with Gasteiger partial charge in [-0.15, -0.1) is 0 Å². The Balaban J connectivity index is 1.63. The second-order valence-electron chi connectivity index (χ2n) is 7.13. The second-order valence-corrected chi connectivity index (χ2v) is 7.13. The number of carboxylic acid groups (broad SMARTS) is 1. The molecule has 1 saturated carbocycles. The van der Waals surface area contributed by atoms with Gasteiger partial charge in [0.1, 0.15) is 5.75 Å². The zero-order valence-corrected chi connectivity index (χ0v) is 16.1. The van der Waals surface area contributed by atoms with Gasteiger partial charge < -0.3 is 20.5 Å². The Morgan fingerprint density at radius 1 is 0.933 bits per heavy atom. The van der Waals surface area contributed by atoms with Gasteiger partial charge in [-0.3, -0.25) is 9.59 Å². The molecule has 1 fully saturated rings. The number of aromatic carboxylic acids is 1. The lowest BCUT2D eigenvalue weighted by molar-refractivity contribution is -0.123. The maximum absolute atomic E-state index is 13.0. The first-order valence-electron chi connectivity index (χ1n) is 9.60. The molecular weight excluding hydrogens is 384 g/mol. The third-order valence-corrected chi connectivity index (χ3v) is 4.80. The number of rotatable bonds is 7. The Morgan fingerprint density at radius 3 is 2.30 bits per heavy atom. The highest BCUT2D eigenvalue weighted by Gasteiger charge is 2.24. The third-order valence-electron chi connectivity index (χ3n) is 4.80. The molecule has 0 bridgehead atoms. The van der Waals surface area contributed by atoms with Crippen LogP contribution in [-0.4, -0.2) is 35.5 Å². The molecule has 7 nitrogen and oxygen atoms in total. The summed E-state index contributed by atoms with van der Waals surface area (Å²) in [5.74, 6) is -1.65. The molecule has 1 aliphatic rings. The van der Waals surface area contributed by atoms with E-state index in [0.717, 1.165) is 23.6 Å². The van der Waals surface area contributed by atoms with Crippen LogP contribution in [0.3, 0.4) is 0 Å². The first kappa shape index (κ1) is 19.4. The molecule has 0 unspecified atom stereocenters. The number of carboxylic acids is 1. The Hall–Kier alpha value is -3.87. The van der Waals surface area contributed by atoms with Crippen LogP contribution < -0.4 is 15.4 Å². The van der Waals surface area contributed by atoms with Crippen LogP contribution in [0.25, 0.3) is 10.8 Å². The fraction of sp³-hybridized carbons (Fsp3) is 0.174. The fourth-order valence-electron chi connectivity index (χ4n) is 3.12. The fourth-order valence-corrected chi connectivity index (χ4v) is 3.12. The minimum absolute atomic E-state index is 0.0158. The van der Waals surface area contributed by atoms with Crippen LogP contribution in [0.5, 0.6) is 5.75 Å². The average Bonchev–Trinajstić information content (AvgIpc) is 3.55. The number of fused-ring (bicyclic) bond motifs is 1. The van der Waals surface area contributed by atoms with Crippen molar-refractivity contribution in [2.45, 2.75) is 18.9 Å². The molecule has 0 spiro atoms. The summed E-state index contributed by atoms with van der Waals surface area (Å²) >= 11 is 0. The summed E-state index contributed by atoms with van der Waals surface area (Å²) < 4.78 is 5.68. The molecule has 7 heteroatoms. The summed E-state index contributed by atoms with van der Waals surface area (Å²) in [6.07, 6.45) is 1.94. The van der Waals surface area contributed by atoms with Gasteiger partial charge in [0, 0.05) is 6.04 Å². The first-order valence-corrected chi connectivity index (χ1v) is 9.60. The summed E-state index contributed by atoms with van der Waals surface area (Å²) in [4.78, 5) is 36.5. The van der Waals surface area contributed by atoms with Gasteiger partial charge in [0.15, 0.2) is 6.61 Å². The van der Waals surface area contributed by atoms with E-state index in [9.17, 15) is 19.5 Å². The molecule has 3 aromatic carbocycles.